The molecule has 8 nitrogen and oxygen atoms in total. The SMILES string of the molecule is Cc1nc(CNC[C@@H]2Cn3nnc(-c4cnn(C)c4)c3CO2)cs1. The van der Waals surface area contributed by atoms with E-state index in [0.717, 1.165) is 40.7 Å². The maximum atomic E-state index is 5.97. The van der Waals surface area contributed by atoms with Crippen LogP contribution in [0.25, 0.3) is 11.3 Å². The fourth-order valence-corrected chi connectivity index (χ4v) is 3.42. The molecule has 1 N–H and O–H groups in total. The average molecular weight is 345 g/mol. The van der Waals surface area contributed by atoms with Gasteiger partial charge >= 0.3 is 0 Å². The molecule has 0 unspecified atom stereocenters. The summed E-state index contributed by atoms with van der Waals surface area (Å²) in [7, 11) is 1.89. The Kier molecular flexibility index (Phi) is 4.13. The van der Waals surface area contributed by atoms with Crippen LogP contribution >= 0.6 is 11.3 Å². The Hall–Kier alpha value is -2.10. The van der Waals surface area contributed by atoms with E-state index in [9.17, 15) is 0 Å². The molecular formula is C15H19N7OS. The molecule has 0 amide bonds. The molecule has 4 heterocycles. The molecule has 126 valence electrons. The Balaban J connectivity index is 1.37. The van der Waals surface area contributed by atoms with Gasteiger partial charge in [0.2, 0.25) is 0 Å². The number of ether oxygens (including phenoxy) is 1. The summed E-state index contributed by atoms with van der Waals surface area (Å²) in [5, 5.41) is 19.3. The summed E-state index contributed by atoms with van der Waals surface area (Å²) in [6.45, 7) is 4.75. The molecule has 0 radical (unpaired) electrons. The minimum Gasteiger partial charge on any atom is -0.369 e. The standard InChI is InChI=1S/C15H19N7OS/c1-10-18-12(9-24-10)4-16-5-13-7-22-14(8-23-13)15(19-20-22)11-3-17-21(2)6-11/h3,6,9,13,16H,4-5,7-8H2,1-2H3/t13-/m1/s1. The number of nitrogens with one attached hydrogen (secondary N) is 1. The third kappa shape index (κ3) is 3.10. The van der Waals surface area contributed by atoms with E-state index in [1.165, 1.54) is 0 Å². The van der Waals surface area contributed by atoms with Crippen molar-refractivity contribution in [1.29, 1.82) is 0 Å². The zero-order valence-corrected chi connectivity index (χ0v) is 14.5. The molecule has 3 aromatic rings. The first-order valence-corrected chi connectivity index (χ1v) is 8.71. The highest BCUT2D eigenvalue weighted by Gasteiger charge is 2.24. The van der Waals surface area contributed by atoms with Gasteiger partial charge in [0.05, 0.1) is 41.8 Å². The van der Waals surface area contributed by atoms with E-state index >= 15 is 0 Å². The largest absolute Gasteiger partial charge is 0.369 e. The molecule has 0 aromatic carbocycles. The fraction of sp³-hybridized carbons (Fsp3) is 0.467. The van der Waals surface area contributed by atoms with Gasteiger partial charge < -0.3 is 10.1 Å². The molecule has 0 bridgehead atoms. The van der Waals surface area contributed by atoms with E-state index in [1.807, 2.05) is 24.9 Å². The van der Waals surface area contributed by atoms with Crippen molar-refractivity contribution in [1.82, 2.24) is 35.1 Å². The molecule has 3 aromatic heterocycles. The van der Waals surface area contributed by atoms with E-state index in [-0.39, 0.29) is 6.10 Å². The van der Waals surface area contributed by atoms with Gasteiger partial charge in [0, 0.05) is 37.3 Å². The minimum absolute atomic E-state index is 0.0840. The van der Waals surface area contributed by atoms with Gasteiger partial charge in [0.1, 0.15) is 5.69 Å². The molecule has 4 rings (SSSR count). The maximum Gasteiger partial charge on any atom is 0.121 e. The molecule has 9 heteroatoms. The van der Waals surface area contributed by atoms with Crippen LogP contribution < -0.4 is 5.32 Å². The second-order valence-electron chi connectivity index (χ2n) is 5.89. The molecule has 0 aliphatic carbocycles. The topological polar surface area (TPSA) is 82.7 Å². The number of rotatable bonds is 5. The quantitative estimate of drug-likeness (QED) is 0.746. The Morgan fingerprint density at radius 3 is 3.12 bits per heavy atom. The van der Waals surface area contributed by atoms with Crippen molar-refractivity contribution in [3.05, 3.63) is 34.2 Å². The number of hydrogen-bond donors (Lipinski definition) is 1. The Morgan fingerprint density at radius 1 is 1.46 bits per heavy atom. The van der Waals surface area contributed by atoms with Crippen LogP contribution in [0.3, 0.4) is 0 Å². The first kappa shape index (κ1) is 15.4. The van der Waals surface area contributed by atoms with Gasteiger partial charge in [-0.05, 0) is 6.92 Å². The monoisotopic (exact) mass is 345 g/mol. The number of aryl methyl sites for hydroxylation is 2. The lowest BCUT2D eigenvalue weighted by Gasteiger charge is -2.24. The van der Waals surface area contributed by atoms with Gasteiger partial charge in [0.15, 0.2) is 0 Å². The van der Waals surface area contributed by atoms with Crippen molar-refractivity contribution in [3.8, 4) is 11.3 Å². The summed E-state index contributed by atoms with van der Waals surface area (Å²) >= 11 is 1.67. The van der Waals surface area contributed by atoms with Gasteiger partial charge in [-0.25, -0.2) is 9.67 Å². The smallest absolute Gasteiger partial charge is 0.121 e. The number of thiazole rings is 1. The Morgan fingerprint density at radius 2 is 2.38 bits per heavy atom. The van der Waals surface area contributed by atoms with Crippen molar-refractivity contribution in [2.75, 3.05) is 6.54 Å². The average Bonchev–Trinajstić information content (AvgIpc) is 3.27. The van der Waals surface area contributed by atoms with E-state index < -0.39 is 0 Å². The summed E-state index contributed by atoms with van der Waals surface area (Å²) in [5.74, 6) is 0. The number of hydrogen-bond acceptors (Lipinski definition) is 7. The number of aromatic nitrogens is 6. The van der Waals surface area contributed by atoms with Gasteiger partial charge in [0.25, 0.3) is 0 Å². The lowest BCUT2D eigenvalue weighted by atomic mass is 10.2. The van der Waals surface area contributed by atoms with E-state index in [4.69, 9.17) is 4.74 Å². The highest BCUT2D eigenvalue weighted by molar-refractivity contribution is 7.09. The molecule has 1 atom stereocenters. The number of nitrogens with zero attached hydrogens (tertiary/aromatic N) is 6. The van der Waals surface area contributed by atoms with E-state index in [0.29, 0.717) is 13.2 Å². The van der Waals surface area contributed by atoms with Crippen molar-refractivity contribution in [2.24, 2.45) is 7.05 Å². The zero-order chi connectivity index (χ0) is 16.5. The first-order valence-electron chi connectivity index (χ1n) is 7.84. The van der Waals surface area contributed by atoms with E-state index in [1.54, 1.807) is 22.2 Å². The van der Waals surface area contributed by atoms with Crippen LogP contribution in [0.2, 0.25) is 0 Å². The third-order valence-electron chi connectivity index (χ3n) is 3.99. The number of fused-ring (bicyclic) bond motifs is 1. The van der Waals surface area contributed by atoms with Crippen LogP contribution in [-0.4, -0.2) is 42.4 Å². The van der Waals surface area contributed by atoms with Crippen LogP contribution in [0, 0.1) is 6.92 Å². The molecule has 0 fully saturated rings. The second kappa shape index (κ2) is 6.42. The maximum absolute atomic E-state index is 5.97. The molecule has 0 saturated heterocycles. The predicted octanol–water partition coefficient (Wildman–Crippen LogP) is 1.13. The molecule has 1 aliphatic heterocycles. The highest BCUT2D eigenvalue weighted by Crippen LogP contribution is 2.24. The molecule has 0 saturated carbocycles. The second-order valence-corrected chi connectivity index (χ2v) is 6.95. The lowest BCUT2D eigenvalue weighted by Crippen LogP contribution is -2.36. The van der Waals surface area contributed by atoms with E-state index in [2.05, 4.69) is 31.1 Å². The van der Waals surface area contributed by atoms with Crippen LogP contribution in [0.4, 0.5) is 0 Å². The predicted molar refractivity (Wildman–Crippen MR) is 89.4 cm³/mol. The van der Waals surface area contributed by atoms with Crippen molar-refractivity contribution in [2.45, 2.75) is 32.7 Å². The van der Waals surface area contributed by atoms with Gasteiger partial charge in [-0.2, -0.15) is 5.10 Å². The summed E-state index contributed by atoms with van der Waals surface area (Å²) in [4.78, 5) is 4.45. The summed E-state index contributed by atoms with van der Waals surface area (Å²) < 4.78 is 9.66. The minimum atomic E-state index is 0.0840. The molecular weight excluding hydrogens is 326 g/mol. The van der Waals surface area contributed by atoms with Crippen molar-refractivity contribution in [3.63, 3.8) is 0 Å². The third-order valence-corrected chi connectivity index (χ3v) is 4.82. The van der Waals surface area contributed by atoms with Crippen molar-refractivity contribution < 1.29 is 4.74 Å². The van der Waals surface area contributed by atoms with Crippen LogP contribution in [0.15, 0.2) is 17.8 Å². The Labute approximate surface area is 143 Å². The van der Waals surface area contributed by atoms with Crippen LogP contribution in [-0.2, 0) is 31.5 Å². The molecule has 1 aliphatic rings. The van der Waals surface area contributed by atoms with Gasteiger partial charge in [-0.3, -0.25) is 4.68 Å². The fourth-order valence-electron chi connectivity index (χ4n) is 2.81. The summed E-state index contributed by atoms with van der Waals surface area (Å²) in [6, 6.07) is 0. The van der Waals surface area contributed by atoms with Crippen LogP contribution in [0.1, 0.15) is 16.4 Å². The highest BCUT2D eigenvalue weighted by atomic mass is 32.1. The molecule has 0 spiro atoms. The summed E-state index contributed by atoms with van der Waals surface area (Å²) in [5.41, 5.74) is 3.91. The normalized spacial score (nSPS) is 17.2. The lowest BCUT2D eigenvalue weighted by molar-refractivity contribution is 0.00122. The molecule has 24 heavy (non-hydrogen) atoms. The first-order chi connectivity index (χ1) is 11.7. The van der Waals surface area contributed by atoms with Crippen LogP contribution in [0.5, 0.6) is 0 Å². The van der Waals surface area contributed by atoms with Crippen molar-refractivity contribution >= 4 is 11.3 Å². The summed E-state index contributed by atoms with van der Waals surface area (Å²) in [6.07, 6.45) is 3.82. The zero-order valence-electron chi connectivity index (χ0n) is 13.6. The van der Waals surface area contributed by atoms with Gasteiger partial charge in [-0.1, -0.05) is 5.21 Å². The van der Waals surface area contributed by atoms with Gasteiger partial charge in [-0.15, -0.1) is 16.4 Å². The Bertz CT molecular complexity index is 837.